The zero-order chi connectivity index (χ0) is 17.1. The first-order valence-electron chi connectivity index (χ1n) is 7.92. The van der Waals surface area contributed by atoms with E-state index < -0.39 is 12.1 Å². The van der Waals surface area contributed by atoms with Crippen molar-refractivity contribution in [1.29, 1.82) is 0 Å². The fraction of sp³-hybridized carbons (Fsp3) is 0.333. The lowest BCUT2D eigenvalue weighted by Gasteiger charge is -2.15. The van der Waals surface area contributed by atoms with E-state index in [1.807, 2.05) is 6.08 Å². The van der Waals surface area contributed by atoms with Crippen molar-refractivity contribution in [2.75, 3.05) is 19.6 Å². The summed E-state index contributed by atoms with van der Waals surface area (Å²) in [4.78, 5) is 22.9. The number of benzene rings is 1. The van der Waals surface area contributed by atoms with Gasteiger partial charge in [-0.1, -0.05) is 18.2 Å². The molecule has 126 valence electrons. The van der Waals surface area contributed by atoms with E-state index in [2.05, 4.69) is 10.6 Å². The summed E-state index contributed by atoms with van der Waals surface area (Å²) >= 11 is 0. The Kier molecular flexibility index (Phi) is 4.76. The highest BCUT2D eigenvalue weighted by Gasteiger charge is 2.27. The number of carbonyl (C=O) groups is 2. The van der Waals surface area contributed by atoms with Crippen molar-refractivity contribution in [1.82, 2.24) is 10.6 Å². The van der Waals surface area contributed by atoms with Crippen LogP contribution >= 0.6 is 0 Å². The van der Waals surface area contributed by atoms with E-state index in [0.29, 0.717) is 16.7 Å². The maximum Gasteiger partial charge on any atom is 0.339 e. The number of hydrogen-bond acceptors (Lipinski definition) is 4. The highest BCUT2D eigenvalue weighted by Crippen LogP contribution is 2.28. The molecule has 1 aromatic rings. The molecule has 5 nitrogen and oxygen atoms in total. The molecule has 0 radical (unpaired) electrons. The van der Waals surface area contributed by atoms with Crippen LogP contribution in [0.5, 0.6) is 0 Å². The molecular weight excluding hydrogens is 311 g/mol. The average molecular weight is 330 g/mol. The number of halogens is 1. The molecule has 1 aromatic carbocycles. The molecule has 0 aromatic heterocycles. The fourth-order valence-corrected chi connectivity index (χ4v) is 2.86. The van der Waals surface area contributed by atoms with Crippen LogP contribution < -0.4 is 10.6 Å². The number of amides is 1. The molecule has 0 spiro atoms. The quantitative estimate of drug-likeness (QED) is 0.824. The van der Waals surface area contributed by atoms with Crippen LogP contribution in [-0.2, 0) is 14.3 Å². The number of esters is 1. The first-order chi connectivity index (χ1) is 11.5. The Balaban J connectivity index is 1.80. The molecule has 0 saturated carbocycles. The predicted octanol–water partition coefficient (Wildman–Crippen LogP) is 1.65. The summed E-state index contributed by atoms with van der Waals surface area (Å²) in [6.07, 6.45) is 3.86. The summed E-state index contributed by atoms with van der Waals surface area (Å²) in [5, 5.41) is 5.79. The van der Waals surface area contributed by atoms with Crippen LogP contribution in [0.2, 0.25) is 0 Å². The lowest BCUT2D eigenvalue weighted by molar-refractivity contribution is -0.138. The largest absolute Gasteiger partial charge is 0.453 e. The van der Waals surface area contributed by atoms with Gasteiger partial charge in [-0.15, -0.1) is 0 Å². The molecule has 6 heteroatoms. The van der Waals surface area contributed by atoms with Crippen LogP contribution in [0, 0.1) is 5.82 Å². The monoisotopic (exact) mass is 330 g/mol. The second-order valence-corrected chi connectivity index (χ2v) is 5.84. The summed E-state index contributed by atoms with van der Waals surface area (Å²) in [6.45, 7) is 3.17. The Labute approximate surface area is 139 Å². The summed E-state index contributed by atoms with van der Waals surface area (Å²) < 4.78 is 19.6. The molecule has 3 rings (SSSR count). The van der Waals surface area contributed by atoms with Crippen LogP contribution in [0.4, 0.5) is 4.39 Å². The van der Waals surface area contributed by atoms with Gasteiger partial charge in [0.05, 0.1) is 12.1 Å². The van der Waals surface area contributed by atoms with Gasteiger partial charge in [-0.2, -0.15) is 0 Å². The molecule has 0 unspecified atom stereocenters. The van der Waals surface area contributed by atoms with Gasteiger partial charge in [0, 0.05) is 19.0 Å². The van der Waals surface area contributed by atoms with Gasteiger partial charge in [0.1, 0.15) is 11.9 Å². The molecule has 2 aliphatic heterocycles. The first kappa shape index (κ1) is 16.4. The Morgan fingerprint density at radius 3 is 2.96 bits per heavy atom. The van der Waals surface area contributed by atoms with Gasteiger partial charge in [-0.05, 0) is 36.2 Å². The van der Waals surface area contributed by atoms with Gasteiger partial charge < -0.3 is 15.4 Å². The fourth-order valence-electron chi connectivity index (χ4n) is 2.86. The standard InChI is InChI=1S/C18H19FN2O3/c1-11(22)21-10-14-9-16(18(23)24-14)13-2-3-15(17(19)8-13)12-4-6-20-7-5-12/h2-4,8-9,14,20H,5-7,10H2,1H3,(H,21,22)/t14-/m1/s1. The minimum Gasteiger partial charge on any atom is -0.453 e. The van der Waals surface area contributed by atoms with E-state index in [1.165, 1.54) is 13.0 Å². The average Bonchev–Trinajstić information content (AvgIpc) is 2.94. The SMILES string of the molecule is CC(=O)NC[C@H]1C=C(c2ccc(C3=CCNCC3)c(F)c2)C(=O)O1. The van der Waals surface area contributed by atoms with E-state index in [0.717, 1.165) is 25.1 Å². The minimum atomic E-state index is -0.522. The van der Waals surface area contributed by atoms with Gasteiger partial charge in [-0.3, -0.25) is 4.79 Å². The van der Waals surface area contributed by atoms with Gasteiger partial charge in [0.15, 0.2) is 0 Å². The van der Waals surface area contributed by atoms with E-state index in [1.54, 1.807) is 18.2 Å². The third-order valence-electron chi connectivity index (χ3n) is 4.07. The second-order valence-electron chi connectivity index (χ2n) is 5.84. The summed E-state index contributed by atoms with van der Waals surface area (Å²) in [5.74, 6) is -1.04. The number of ether oxygens (including phenoxy) is 1. The van der Waals surface area contributed by atoms with Crippen molar-refractivity contribution in [3.05, 3.63) is 47.3 Å². The van der Waals surface area contributed by atoms with Gasteiger partial charge in [-0.25, -0.2) is 9.18 Å². The Bertz CT molecular complexity index is 740. The molecular formula is C18H19FN2O3. The number of cyclic esters (lactones) is 1. The molecule has 1 atom stereocenters. The molecule has 0 bridgehead atoms. The van der Waals surface area contributed by atoms with Crippen LogP contribution in [0.25, 0.3) is 11.1 Å². The molecule has 2 N–H and O–H groups in total. The van der Waals surface area contributed by atoms with Crippen LogP contribution in [-0.4, -0.2) is 37.6 Å². The molecule has 24 heavy (non-hydrogen) atoms. The highest BCUT2D eigenvalue weighted by molar-refractivity contribution is 6.18. The van der Waals surface area contributed by atoms with Crippen molar-refractivity contribution in [2.45, 2.75) is 19.4 Å². The maximum atomic E-state index is 14.5. The number of nitrogens with one attached hydrogen (secondary N) is 2. The van der Waals surface area contributed by atoms with Crippen LogP contribution in [0.3, 0.4) is 0 Å². The van der Waals surface area contributed by atoms with Crippen molar-refractivity contribution < 1.29 is 18.7 Å². The van der Waals surface area contributed by atoms with Crippen molar-refractivity contribution in [3.63, 3.8) is 0 Å². The molecule has 0 saturated heterocycles. The molecule has 0 fully saturated rings. The Morgan fingerprint density at radius 2 is 2.29 bits per heavy atom. The topological polar surface area (TPSA) is 67.4 Å². The number of rotatable bonds is 4. The highest BCUT2D eigenvalue weighted by atomic mass is 19.1. The smallest absolute Gasteiger partial charge is 0.339 e. The van der Waals surface area contributed by atoms with Gasteiger partial charge in [0.25, 0.3) is 0 Å². The molecule has 1 amide bonds. The summed E-state index contributed by atoms with van der Waals surface area (Å²) in [7, 11) is 0. The predicted molar refractivity (Wildman–Crippen MR) is 88.4 cm³/mol. The van der Waals surface area contributed by atoms with Crippen molar-refractivity contribution in [3.8, 4) is 0 Å². The summed E-state index contributed by atoms with van der Waals surface area (Å²) in [5.41, 5.74) is 2.36. The van der Waals surface area contributed by atoms with Gasteiger partial charge in [0.2, 0.25) is 5.91 Å². The van der Waals surface area contributed by atoms with Crippen molar-refractivity contribution >= 4 is 23.0 Å². The second kappa shape index (κ2) is 6.97. The lowest BCUT2D eigenvalue weighted by atomic mass is 9.96. The number of hydrogen-bond donors (Lipinski definition) is 2. The number of carbonyl (C=O) groups excluding carboxylic acids is 2. The van der Waals surface area contributed by atoms with Crippen LogP contribution in [0.1, 0.15) is 24.5 Å². The van der Waals surface area contributed by atoms with Crippen molar-refractivity contribution in [2.24, 2.45) is 0 Å². The zero-order valence-electron chi connectivity index (χ0n) is 13.4. The molecule has 0 aliphatic carbocycles. The minimum absolute atomic E-state index is 0.196. The Morgan fingerprint density at radius 1 is 1.46 bits per heavy atom. The van der Waals surface area contributed by atoms with Crippen LogP contribution in [0.15, 0.2) is 30.4 Å². The first-order valence-corrected chi connectivity index (χ1v) is 7.92. The molecule has 2 aliphatic rings. The summed E-state index contributed by atoms with van der Waals surface area (Å²) in [6, 6.07) is 4.80. The van der Waals surface area contributed by atoms with Gasteiger partial charge >= 0.3 is 5.97 Å². The molecule has 2 heterocycles. The van der Waals surface area contributed by atoms with E-state index in [4.69, 9.17) is 4.74 Å². The third-order valence-corrected chi connectivity index (χ3v) is 4.07. The lowest BCUT2D eigenvalue weighted by Crippen LogP contribution is -2.29. The van der Waals surface area contributed by atoms with E-state index >= 15 is 0 Å². The Hall–Kier alpha value is -2.47. The maximum absolute atomic E-state index is 14.5. The zero-order valence-corrected chi connectivity index (χ0v) is 13.4. The van der Waals surface area contributed by atoms with E-state index in [9.17, 15) is 14.0 Å². The third kappa shape index (κ3) is 3.54. The van der Waals surface area contributed by atoms with E-state index in [-0.39, 0.29) is 18.3 Å². The normalized spacial score (nSPS) is 20.2.